The van der Waals surface area contributed by atoms with Gasteiger partial charge in [-0.2, -0.15) is 13.2 Å². The van der Waals surface area contributed by atoms with Crippen LogP contribution in [0.5, 0.6) is 5.75 Å². The van der Waals surface area contributed by atoms with Gasteiger partial charge < -0.3 is 14.8 Å². The van der Waals surface area contributed by atoms with E-state index in [1.165, 1.54) is 25.2 Å². The van der Waals surface area contributed by atoms with Crippen molar-refractivity contribution in [2.45, 2.75) is 12.6 Å². The third-order valence-electron chi connectivity index (χ3n) is 4.06. The fourth-order valence-electron chi connectivity index (χ4n) is 2.82. The zero-order valence-electron chi connectivity index (χ0n) is 14.0. The maximum absolute atomic E-state index is 13.4. The highest BCUT2D eigenvalue weighted by molar-refractivity contribution is 6.42. The Labute approximate surface area is 163 Å². The fourth-order valence-corrected chi connectivity index (χ4v) is 3.21. The summed E-state index contributed by atoms with van der Waals surface area (Å²) in [7, 11) is 1.49. The van der Waals surface area contributed by atoms with Crippen LogP contribution in [0.15, 0.2) is 46.9 Å². The molecular weight excluding hydrogens is 402 g/mol. The third kappa shape index (κ3) is 3.73. The SMILES string of the molecule is CNc1oc(Cc2cccc(Cl)c2Cl)c(O)c1-c1ccccc1C(F)(F)F. The Kier molecular flexibility index (Phi) is 5.31. The minimum absolute atomic E-state index is 0.0253. The van der Waals surface area contributed by atoms with Crippen molar-refractivity contribution >= 4 is 29.1 Å². The molecule has 0 spiro atoms. The van der Waals surface area contributed by atoms with E-state index in [0.29, 0.717) is 15.6 Å². The van der Waals surface area contributed by atoms with Crippen LogP contribution in [0.2, 0.25) is 10.0 Å². The molecule has 0 atom stereocenters. The molecule has 0 aliphatic heterocycles. The van der Waals surface area contributed by atoms with Crippen LogP contribution in [0.1, 0.15) is 16.9 Å². The number of anilines is 1. The third-order valence-corrected chi connectivity index (χ3v) is 4.92. The molecule has 2 aromatic carbocycles. The van der Waals surface area contributed by atoms with Crippen LogP contribution in [0.4, 0.5) is 19.1 Å². The van der Waals surface area contributed by atoms with Gasteiger partial charge in [-0.1, -0.05) is 53.5 Å². The predicted molar refractivity (Wildman–Crippen MR) is 99.6 cm³/mol. The number of alkyl halides is 3. The average molecular weight is 416 g/mol. The molecule has 2 N–H and O–H groups in total. The molecule has 8 heteroatoms. The van der Waals surface area contributed by atoms with E-state index in [2.05, 4.69) is 5.32 Å². The van der Waals surface area contributed by atoms with Gasteiger partial charge in [0.25, 0.3) is 0 Å². The molecular formula is C19H14Cl2F3NO2. The molecule has 0 radical (unpaired) electrons. The van der Waals surface area contributed by atoms with Gasteiger partial charge >= 0.3 is 6.18 Å². The second-order valence-corrected chi connectivity index (χ2v) is 6.55. The van der Waals surface area contributed by atoms with Gasteiger partial charge in [-0.15, -0.1) is 0 Å². The molecule has 0 bridgehead atoms. The number of hydrogen-bond donors (Lipinski definition) is 2. The van der Waals surface area contributed by atoms with E-state index >= 15 is 0 Å². The number of benzene rings is 2. The summed E-state index contributed by atoms with van der Waals surface area (Å²) in [6.07, 6.45) is -4.52. The summed E-state index contributed by atoms with van der Waals surface area (Å²) in [5.74, 6) is -0.278. The lowest BCUT2D eigenvalue weighted by atomic mass is 9.99. The number of aromatic hydroxyl groups is 1. The van der Waals surface area contributed by atoms with Gasteiger partial charge in [0.1, 0.15) is 0 Å². The normalized spacial score (nSPS) is 11.6. The summed E-state index contributed by atoms with van der Waals surface area (Å²) in [5.41, 5.74) is -0.533. The Hall–Kier alpha value is -2.31. The summed E-state index contributed by atoms with van der Waals surface area (Å²) in [6, 6.07) is 9.97. The number of rotatable bonds is 4. The first-order valence-corrected chi connectivity index (χ1v) is 8.61. The second kappa shape index (κ2) is 7.37. The van der Waals surface area contributed by atoms with E-state index < -0.39 is 11.7 Å². The molecule has 0 unspecified atom stereocenters. The lowest BCUT2D eigenvalue weighted by Crippen LogP contribution is -2.07. The highest BCUT2D eigenvalue weighted by atomic mass is 35.5. The molecule has 0 fully saturated rings. The zero-order chi connectivity index (χ0) is 19.8. The minimum atomic E-state index is -4.58. The van der Waals surface area contributed by atoms with Gasteiger partial charge in [-0.3, -0.25) is 0 Å². The number of hydrogen-bond acceptors (Lipinski definition) is 3. The highest BCUT2D eigenvalue weighted by Crippen LogP contribution is 2.47. The lowest BCUT2D eigenvalue weighted by molar-refractivity contribution is -0.137. The quantitative estimate of drug-likeness (QED) is 0.503. The fraction of sp³-hybridized carbons (Fsp3) is 0.158. The number of nitrogens with one attached hydrogen (secondary N) is 1. The van der Waals surface area contributed by atoms with Crippen molar-refractivity contribution in [1.29, 1.82) is 0 Å². The standard InChI is InChI=1S/C19H14Cl2F3NO2/c1-25-18-15(11-6-2-3-7-12(11)19(22,23)24)17(26)14(27-18)9-10-5-4-8-13(20)16(10)21/h2-8,25-26H,9H2,1H3. The van der Waals surface area contributed by atoms with E-state index in [1.807, 2.05) is 0 Å². The highest BCUT2D eigenvalue weighted by Gasteiger charge is 2.35. The van der Waals surface area contributed by atoms with Crippen molar-refractivity contribution in [3.8, 4) is 16.9 Å². The molecule has 1 heterocycles. The first-order valence-electron chi connectivity index (χ1n) is 7.86. The average Bonchev–Trinajstić information content (AvgIpc) is 2.94. The Bertz CT molecular complexity index is 984. The molecule has 0 saturated heterocycles. The van der Waals surface area contributed by atoms with Crippen molar-refractivity contribution in [3.05, 3.63) is 69.4 Å². The molecule has 3 aromatic rings. The van der Waals surface area contributed by atoms with Crippen molar-refractivity contribution in [1.82, 2.24) is 0 Å². The van der Waals surface area contributed by atoms with Crippen LogP contribution in [-0.4, -0.2) is 12.2 Å². The van der Waals surface area contributed by atoms with Crippen LogP contribution >= 0.6 is 23.2 Å². The Morgan fingerprint density at radius 3 is 2.44 bits per heavy atom. The van der Waals surface area contributed by atoms with Crippen LogP contribution in [0.3, 0.4) is 0 Å². The molecule has 142 valence electrons. The van der Waals surface area contributed by atoms with Crippen LogP contribution in [0, 0.1) is 0 Å². The van der Waals surface area contributed by atoms with Crippen molar-refractivity contribution in [3.63, 3.8) is 0 Å². The lowest BCUT2D eigenvalue weighted by Gasteiger charge is -2.12. The summed E-state index contributed by atoms with van der Waals surface area (Å²) in [5, 5.41) is 13.9. The van der Waals surface area contributed by atoms with E-state index in [-0.39, 0.29) is 34.9 Å². The van der Waals surface area contributed by atoms with E-state index in [1.54, 1.807) is 18.2 Å². The van der Waals surface area contributed by atoms with Crippen LogP contribution in [0.25, 0.3) is 11.1 Å². The van der Waals surface area contributed by atoms with Crippen molar-refractivity contribution < 1.29 is 22.7 Å². The minimum Gasteiger partial charge on any atom is -0.504 e. The number of furan rings is 1. The maximum Gasteiger partial charge on any atom is 0.417 e. The molecule has 1 aromatic heterocycles. The van der Waals surface area contributed by atoms with Crippen LogP contribution < -0.4 is 5.32 Å². The van der Waals surface area contributed by atoms with Gasteiger partial charge in [0.15, 0.2) is 11.5 Å². The van der Waals surface area contributed by atoms with Gasteiger partial charge in [-0.25, -0.2) is 0 Å². The van der Waals surface area contributed by atoms with E-state index in [9.17, 15) is 18.3 Å². The van der Waals surface area contributed by atoms with E-state index in [0.717, 1.165) is 6.07 Å². The molecule has 0 amide bonds. The predicted octanol–water partition coefficient (Wildman–Crippen LogP) is 6.61. The molecule has 3 nitrogen and oxygen atoms in total. The second-order valence-electron chi connectivity index (χ2n) is 5.76. The molecule has 0 aliphatic carbocycles. The monoisotopic (exact) mass is 415 g/mol. The Morgan fingerprint density at radius 1 is 1.07 bits per heavy atom. The molecule has 27 heavy (non-hydrogen) atoms. The summed E-state index contributed by atoms with van der Waals surface area (Å²) in [6.45, 7) is 0. The van der Waals surface area contributed by atoms with Gasteiger partial charge in [0.2, 0.25) is 5.88 Å². The van der Waals surface area contributed by atoms with Gasteiger partial charge in [0.05, 0.1) is 21.2 Å². The van der Waals surface area contributed by atoms with Gasteiger partial charge in [0, 0.05) is 19.0 Å². The first kappa shape index (κ1) is 19.5. The zero-order valence-corrected chi connectivity index (χ0v) is 15.5. The Morgan fingerprint density at radius 2 is 1.78 bits per heavy atom. The molecule has 3 rings (SSSR count). The molecule has 0 saturated carbocycles. The topological polar surface area (TPSA) is 45.4 Å². The smallest absolute Gasteiger partial charge is 0.417 e. The molecule has 0 aliphatic rings. The summed E-state index contributed by atoms with van der Waals surface area (Å²) in [4.78, 5) is 0. The maximum atomic E-state index is 13.4. The first-order chi connectivity index (χ1) is 12.7. The van der Waals surface area contributed by atoms with Crippen LogP contribution in [-0.2, 0) is 12.6 Å². The van der Waals surface area contributed by atoms with E-state index in [4.69, 9.17) is 27.6 Å². The largest absolute Gasteiger partial charge is 0.504 e. The number of halogens is 5. The van der Waals surface area contributed by atoms with Gasteiger partial charge in [-0.05, 0) is 17.7 Å². The van der Waals surface area contributed by atoms with Crippen molar-refractivity contribution in [2.75, 3.05) is 12.4 Å². The van der Waals surface area contributed by atoms with Crippen molar-refractivity contribution in [2.24, 2.45) is 0 Å². The summed E-state index contributed by atoms with van der Waals surface area (Å²) >= 11 is 12.1. The Balaban J connectivity index is 2.13. The summed E-state index contributed by atoms with van der Waals surface area (Å²) < 4.78 is 45.7.